The van der Waals surface area contributed by atoms with Gasteiger partial charge >= 0.3 is 6.36 Å². The maximum absolute atomic E-state index is 12.8. The minimum atomic E-state index is -4.95. The molecule has 6 heteroatoms. The lowest BCUT2D eigenvalue weighted by Gasteiger charge is -2.09. The minimum absolute atomic E-state index is 0.0444. The first-order valence-electron chi connectivity index (χ1n) is 3.52. The van der Waals surface area contributed by atoms with Crippen molar-refractivity contribution in [2.75, 3.05) is 0 Å². The smallest absolute Gasteiger partial charge is 0.403 e. The van der Waals surface area contributed by atoms with Crippen molar-refractivity contribution in [2.24, 2.45) is 0 Å². The van der Waals surface area contributed by atoms with Crippen LogP contribution in [0.1, 0.15) is 5.56 Å². The van der Waals surface area contributed by atoms with E-state index in [1.165, 1.54) is 0 Å². The third kappa shape index (κ3) is 2.86. The van der Waals surface area contributed by atoms with Gasteiger partial charge in [-0.25, -0.2) is 8.78 Å². The van der Waals surface area contributed by atoms with Crippen LogP contribution in [0.5, 0.6) is 5.75 Å². The molecule has 1 aromatic carbocycles. The molecule has 0 N–H and O–H groups in total. The number of benzene rings is 1. The summed E-state index contributed by atoms with van der Waals surface area (Å²) in [5.74, 6) is -2.20. The second-order valence-electron chi connectivity index (χ2n) is 2.45. The second kappa shape index (κ2) is 3.81. The molecule has 0 bridgehead atoms. The van der Waals surface area contributed by atoms with Crippen LogP contribution in [0.15, 0.2) is 18.2 Å². The molecule has 0 atom stereocenters. The first kappa shape index (κ1) is 10.7. The zero-order chi connectivity index (χ0) is 10.8. The topological polar surface area (TPSA) is 9.23 Å². The summed E-state index contributed by atoms with van der Waals surface area (Å²) in [5, 5.41) is 0. The molecule has 1 rings (SSSR count). The van der Waals surface area contributed by atoms with Crippen molar-refractivity contribution in [3.8, 4) is 5.75 Å². The fourth-order valence-electron chi connectivity index (χ4n) is 0.835. The van der Waals surface area contributed by atoms with Gasteiger partial charge in [0.05, 0.1) is 0 Å². The average Bonchev–Trinajstić information content (AvgIpc) is 2.06. The first-order valence-corrected chi connectivity index (χ1v) is 3.52. The summed E-state index contributed by atoms with van der Waals surface area (Å²) in [4.78, 5) is 0. The Hall–Kier alpha value is -1.33. The Morgan fingerprint density at radius 1 is 1.21 bits per heavy atom. The molecule has 0 heterocycles. The first-order chi connectivity index (χ1) is 6.42. The van der Waals surface area contributed by atoms with Crippen LogP contribution in [0.3, 0.4) is 0 Å². The fraction of sp³-hybridized carbons (Fsp3) is 0.250. The van der Waals surface area contributed by atoms with Crippen molar-refractivity contribution in [1.29, 1.82) is 0 Å². The predicted octanol–water partition coefficient (Wildman–Crippen LogP) is 3.19. The molecule has 0 aliphatic heterocycles. The van der Waals surface area contributed by atoms with Crippen LogP contribution >= 0.6 is 0 Å². The van der Waals surface area contributed by atoms with Gasteiger partial charge in [0, 0.05) is 0 Å². The van der Waals surface area contributed by atoms with Crippen molar-refractivity contribution in [3.63, 3.8) is 0 Å². The van der Waals surface area contributed by atoms with E-state index in [2.05, 4.69) is 4.74 Å². The molecule has 14 heavy (non-hydrogen) atoms. The molecule has 0 radical (unpaired) electrons. The molecule has 0 fully saturated rings. The van der Waals surface area contributed by atoms with Crippen LogP contribution < -0.4 is 4.74 Å². The zero-order valence-electron chi connectivity index (χ0n) is 6.74. The highest BCUT2D eigenvalue weighted by Gasteiger charge is 2.32. The third-order valence-corrected chi connectivity index (χ3v) is 1.38. The number of halogens is 5. The van der Waals surface area contributed by atoms with E-state index >= 15 is 0 Å². The van der Waals surface area contributed by atoms with Crippen LogP contribution in [0, 0.1) is 5.82 Å². The van der Waals surface area contributed by atoms with Gasteiger partial charge in [-0.05, 0) is 17.7 Å². The van der Waals surface area contributed by atoms with Crippen molar-refractivity contribution in [3.05, 3.63) is 29.6 Å². The Bertz CT molecular complexity index is 320. The highest BCUT2D eigenvalue weighted by atomic mass is 19.4. The monoisotopic (exact) mass is 212 g/mol. The van der Waals surface area contributed by atoms with E-state index in [1.54, 1.807) is 0 Å². The lowest BCUT2D eigenvalue weighted by molar-refractivity contribution is -0.275. The molecule has 1 aromatic rings. The summed E-state index contributed by atoms with van der Waals surface area (Å²) in [6.07, 6.45) is -4.95. The SMILES string of the molecule is FCc1ccc(OC(F)(F)F)c(F)c1. The van der Waals surface area contributed by atoms with E-state index in [0.717, 1.165) is 12.1 Å². The van der Waals surface area contributed by atoms with E-state index in [-0.39, 0.29) is 5.56 Å². The minimum Gasteiger partial charge on any atom is -0.403 e. The predicted molar refractivity (Wildman–Crippen MR) is 37.9 cm³/mol. The summed E-state index contributed by atoms with van der Waals surface area (Å²) in [5.41, 5.74) is -0.0444. The Morgan fingerprint density at radius 3 is 2.29 bits per heavy atom. The van der Waals surface area contributed by atoms with E-state index in [9.17, 15) is 22.0 Å². The van der Waals surface area contributed by atoms with Gasteiger partial charge in [-0.3, -0.25) is 0 Å². The molecule has 78 valence electrons. The Morgan fingerprint density at radius 2 is 1.86 bits per heavy atom. The van der Waals surface area contributed by atoms with Gasteiger partial charge in [0.1, 0.15) is 6.67 Å². The molecule has 0 unspecified atom stereocenters. The third-order valence-electron chi connectivity index (χ3n) is 1.38. The van der Waals surface area contributed by atoms with E-state index in [1.807, 2.05) is 0 Å². The molecular weight excluding hydrogens is 207 g/mol. The van der Waals surface area contributed by atoms with Crippen LogP contribution in [0.4, 0.5) is 22.0 Å². The molecule has 1 nitrogen and oxygen atoms in total. The number of ether oxygens (including phenoxy) is 1. The zero-order valence-corrected chi connectivity index (χ0v) is 6.74. The molecule has 0 saturated heterocycles. The average molecular weight is 212 g/mol. The van der Waals surface area contributed by atoms with Crippen molar-refractivity contribution >= 4 is 0 Å². The lowest BCUT2D eigenvalue weighted by atomic mass is 10.2. The number of hydrogen-bond donors (Lipinski definition) is 0. The summed E-state index contributed by atoms with van der Waals surface area (Å²) in [6, 6.07) is 2.41. The molecule has 0 spiro atoms. The van der Waals surface area contributed by atoms with Crippen LogP contribution in [0.2, 0.25) is 0 Å². The quantitative estimate of drug-likeness (QED) is 0.684. The lowest BCUT2D eigenvalue weighted by Crippen LogP contribution is -2.17. The molecule has 0 aromatic heterocycles. The van der Waals surface area contributed by atoms with Gasteiger partial charge in [-0.1, -0.05) is 6.07 Å². The number of rotatable bonds is 2. The summed E-state index contributed by atoms with van der Waals surface area (Å²) < 4.78 is 63.0. The summed E-state index contributed by atoms with van der Waals surface area (Å²) in [7, 11) is 0. The van der Waals surface area contributed by atoms with Gasteiger partial charge in [-0.15, -0.1) is 13.2 Å². The second-order valence-corrected chi connectivity index (χ2v) is 2.45. The van der Waals surface area contributed by atoms with Gasteiger partial charge in [-0.2, -0.15) is 0 Å². The Kier molecular flexibility index (Phi) is 2.93. The largest absolute Gasteiger partial charge is 0.573 e. The van der Waals surface area contributed by atoms with Crippen LogP contribution in [-0.2, 0) is 6.67 Å². The number of hydrogen-bond acceptors (Lipinski definition) is 1. The Labute approximate surface area is 76.1 Å². The molecule has 0 aliphatic rings. The molecule has 0 aliphatic carbocycles. The fourth-order valence-corrected chi connectivity index (χ4v) is 0.835. The maximum atomic E-state index is 12.8. The van der Waals surface area contributed by atoms with Crippen molar-refractivity contribution < 1.29 is 26.7 Å². The summed E-state index contributed by atoms with van der Waals surface area (Å²) >= 11 is 0. The molecule has 0 saturated carbocycles. The van der Waals surface area contributed by atoms with Crippen molar-refractivity contribution in [1.82, 2.24) is 0 Å². The van der Waals surface area contributed by atoms with E-state index in [0.29, 0.717) is 6.07 Å². The van der Waals surface area contributed by atoms with Gasteiger partial charge in [0.15, 0.2) is 11.6 Å². The maximum Gasteiger partial charge on any atom is 0.573 e. The highest BCUT2D eigenvalue weighted by Crippen LogP contribution is 2.26. The number of alkyl halides is 4. The van der Waals surface area contributed by atoms with Crippen LogP contribution in [0.25, 0.3) is 0 Å². The normalized spacial score (nSPS) is 11.5. The van der Waals surface area contributed by atoms with E-state index in [4.69, 9.17) is 0 Å². The van der Waals surface area contributed by atoms with Gasteiger partial charge in [0.2, 0.25) is 0 Å². The Balaban J connectivity index is 2.89. The standard InChI is InChI=1S/C8H5F5O/c9-4-5-1-2-7(6(10)3-5)14-8(11,12)13/h1-3H,4H2. The molecular formula is C8H5F5O. The summed E-state index contributed by atoms with van der Waals surface area (Å²) in [6.45, 7) is -0.941. The van der Waals surface area contributed by atoms with Crippen molar-refractivity contribution in [2.45, 2.75) is 13.0 Å². The van der Waals surface area contributed by atoms with E-state index < -0.39 is 24.6 Å². The molecule has 0 amide bonds. The van der Waals surface area contributed by atoms with Crippen LogP contribution in [-0.4, -0.2) is 6.36 Å². The van der Waals surface area contributed by atoms with Gasteiger partial charge in [0.25, 0.3) is 0 Å². The van der Waals surface area contributed by atoms with Gasteiger partial charge < -0.3 is 4.74 Å². The highest BCUT2D eigenvalue weighted by molar-refractivity contribution is 5.29.